The van der Waals surface area contributed by atoms with Crippen molar-refractivity contribution < 1.29 is 14.3 Å². The van der Waals surface area contributed by atoms with Crippen molar-refractivity contribution in [3.05, 3.63) is 0 Å². The van der Waals surface area contributed by atoms with Gasteiger partial charge < -0.3 is 14.8 Å². The topological polar surface area (TPSA) is 50.8 Å². The third kappa shape index (κ3) is 7.07. The van der Waals surface area contributed by atoms with Crippen LogP contribution in [0.25, 0.3) is 0 Å². The molecule has 0 aromatic rings. The van der Waals surface area contributed by atoms with Gasteiger partial charge in [-0.2, -0.15) is 0 Å². The third-order valence-electron chi connectivity index (χ3n) is 4.10. The smallest absolute Gasteiger partial charge is 0.224 e. The largest absolute Gasteiger partial charge is 0.353 e. The van der Waals surface area contributed by atoms with Crippen LogP contribution in [-0.2, 0) is 14.3 Å². The summed E-state index contributed by atoms with van der Waals surface area (Å²) < 4.78 is 11.2. The molecule has 1 N–H and O–H groups in total. The van der Waals surface area contributed by atoms with E-state index in [9.17, 15) is 4.79 Å². The van der Waals surface area contributed by atoms with Crippen molar-refractivity contribution in [1.29, 1.82) is 0 Å². The maximum absolute atomic E-state index is 12.4. The first kappa shape index (κ1) is 19.4. The minimum Gasteiger partial charge on any atom is -0.353 e. The van der Waals surface area contributed by atoms with E-state index in [1.807, 2.05) is 13.8 Å². The highest BCUT2D eigenvalue weighted by atomic mass is 16.7. The normalized spacial score (nSPS) is 21.0. The molecule has 0 spiro atoms. The Kier molecular flexibility index (Phi) is 9.68. The van der Waals surface area contributed by atoms with Gasteiger partial charge in [-0.05, 0) is 46.6 Å². The number of nitrogens with zero attached hydrogens (tertiary/aromatic N) is 1. The number of likely N-dealkylation sites (tertiary alicyclic amines) is 1. The van der Waals surface area contributed by atoms with Gasteiger partial charge in [-0.1, -0.05) is 13.3 Å². The molecule has 0 aliphatic carbocycles. The van der Waals surface area contributed by atoms with Crippen molar-refractivity contribution in [1.82, 2.24) is 10.2 Å². The molecule has 1 rings (SSSR count). The lowest BCUT2D eigenvalue weighted by Gasteiger charge is -2.34. The second-order valence-corrected chi connectivity index (χ2v) is 6.14. The number of carbonyl (C=O) groups excluding carboxylic acids is 1. The molecule has 0 saturated carbocycles. The first-order valence-corrected chi connectivity index (χ1v) is 8.86. The summed E-state index contributed by atoms with van der Waals surface area (Å²) in [6.45, 7) is 12.1. The minimum absolute atomic E-state index is 0.0944. The monoisotopic (exact) mass is 314 g/mol. The van der Waals surface area contributed by atoms with Gasteiger partial charge in [0.1, 0.15) is 0 Å². The van der Waals surface area contributed by atoms with Gasteiger partial charge in [0.05, 0.1) is 5.92 Å². The molecule has 1 fully saturated rings. The van der Waals surface area contributed by atoms with Gasteiger partial charge in [0.2, 0.25) is 5.91 Å². The fraction of sp³-hybridized carbons (Fsp3) is 0.941. The van der Waals surface area contributed by atoms with E-state index in [1.54, 1.807) is 0 Å². The van der Waals surface area contributed by atoms with Gasteiger partial charge in [-0.15, -0.1) is 0 Å². The average molecular weight is 314 g/mol. The van der Waals surface area contributed by atoms with Gasteiger partial charge in [0, 0.05) is 32.3 Å². The highest BCUT2D eigenvalue weighted by Crippen LogP contribution is 2.18. The molecule has 1 heterocycles. The number of nitrogens with one attached hydrogen (secondary N) is 1. The van der Waals surface area contributed by atoms with E-state index in [4.69, 9.17) is 9.47 Å². The summed E-state index contributed by atoms with van der Waals surface area (Å²) in [5.74, 6) is 0.298. The number of amides is 1. The Morgan fingerprint density at radius 3 is 2.55 bits per heavy atom. The Labute approximate surface area is 135 Å². The van der Waals surface area contributed by atoms with Crippen LogP contribution in [0.15, 0.2) is 0 Å². The molecule has 1 aliphatic heterocycles. The van der Waals surface area contributed by atoms with Crippen LogP contribution in [0.4, 0.5) is 0 Å². The summed E-state index contributed by atoms with van der Waals surface area (Å²) in [6, 6.07) is 0.271. The molecule has 5 heteroatoms. The van der Waals surface area contributed by atoms with Crippen LogP contribution in [0.1, 0.15) is 53.4 Å². The van der Waals surface area contributed by atoms with Crippen LogP contribution in [0.2, 0.25) is 0 Å². The maximum Gasteiger partial charge on any atom is 0.224 e. The molecule has 0 bridgehead atoms. The van der Waals surface area contributed by atoms with Gasteiger partial charge in [0.25, 0.3) is 0 Å². The van der Waals surface area contributed by atoms with E-state index in [2.05, 4.69) is 24.1 Å². The summed E-state index contributed by atoms with van der Waals surface area (Å²) in [5.41, 5.74) is 0. The molecule has 1 amide bonds. The Bertz CT molecular complexity index is 306. The highest BCUT2D eigenvalue weighted by Gasteiger charge is 2.27. The molecule has 2 atom stereocenters. The van der Waals surface area contributed by atoms with Crippen LogP contribution in [-0.4, -0.2) is 56.0 Å². The van der Waals surface area contributed by atoms with Crippen LogP contribution < -0.4 is 5.32 Å². The molecule has 0 unspecified atom stereocenters. The second-order valence-electron chi connectivity index (χ2n) is 6.14. The predicted octanol–water partition coefficient (Wildman–Crippen LogP) is 2.40. The summed E-state index contributed by atoms with van der Waals surface area (Å²) in [4.78, 5) is 14.7. The Balaban J connectivity index is 2.44. The second kappa shape index (κ2) is 11.0. The SMILES string of the molecule is CCC[C@@H](C)NC(=O)[C@@H]1CCCN(CC(OCC)OCC)C1. The van der Waals surface area contributed by atoms with Crippen molar-refractivity contribution in [3.63, 3.8) is 0 Å². The predicted molar refractivity (Wildman–Crippen MR) is 88.7 cm³/mol. The number of piperidine rings is 1. The zero-order chi connectivity index (χ0) is 16.4. The molecule has 0 aromatic carbocycles. The molecule has 0 radical (unpaired) electrons. The number of hydrogen-bond donors (Lipinski definition) is 1. The van der Waals surface area contributed by atoms with Gasteiger partial charge in [-0.3, -0.25) is 9.69 Å². The molecule has 22 heavy (non-hydrogen) atoms. The van der Waals surface area contributed by atoms with Crippen molar-refractivity contribution >= 4 is 5.91 Å². The fourth-order valence-corrected chi connectivity index (χ4v) is 3.04. The summed E-state index contributed by atoms with van der Waals surface area (Å²) in [6.07, 6.45) is 4.00. The van der Waals surface area contributed by atoms with Crippen molar-refractivity contribution in [2.75, 3.05) is 32.8 Å². The summed E-state index contributed by atoms with van der Waals surface area (Å²) in [5, 5.41) is 3.15. The quantitative estimate of drug-likeness (QED) is 0.629. The van der Waals surface area contributed by atoms with Gasteiger partial charge in [-0.25, -0.2) is 0 Å². The first-order chi connectivity index (χ1) is 10.6. The molecule has 130 valence electrons. The van der Waals surface area contributed by atoms with Crippen LogP contribution in [0.5, 0.6) is 0 Å². The molecular formula is C17H34N2O3. The first-order valence-electron chi connectivity index (χ1n) is 8.86. The maximum atomic E-state index is 12.4. The van der Waals surface area contributed by atoms with E-state index in [0.717, 1.165) is 45.3 Å². The third-order valence-corrected chi connectivity index (χ3v) is 4.10. The van der Waals surface area contributed by atoms with E-state index >= 15 is 0 Å². The van der Waals surface area contributed by atoms with Gasteiger partial charge in [0.15, 0.2) is 6.29 Å². The van der Waals surface area contributed by atoms with Crippen molar-refractivity contribution in [2.24, 2.45) is 5.92 Å². The van der Waals surface area contributed by atoms with E-state index in [1.165, 1.54) is 0 Å². The number of carbonyl (C=O) groups is 1. The van der Waals surface area contributed by atoms with E-state index in [0.29, 0.717) is 13.2 Å². The molecule has 0 aromatic heterocycles. The van der Waals surface area contributed by atoms with Crippen molar-refractivity contribution in [3.8, 4) is 0 Å². The lowest BCUT2D eigenvalue weighted by Crippen LogP contribution is -2.47. The minimum atomic E-state index is -0.184. The van der Waals surface area contributed by atoms with Crippen LogP contribution in [0.3, 0.4) is 0 Å². The molecule has 5 nitrogen and oxygen atoms in total. The molecule has 1 saturated heterocycles. The van der Waals surface area contributed by atoms with Crippen LogP contribution in [0, 0.1) is 5.92 Å². The Hall–Kier alpha value is -0.650. The van der Waals surface area contributed by atoms with E-state index < -0.39 is 0 Å². The summed E-state index contributed by atoms with van der Waals surface area (Å²) in [7, 11) is 0. The number of hydrogen-bond acceptors (Lipinski definition) is 4. The van der Waals surface area contributed by atoms with Crippen molar-refractivity contribution in [2.45, 2.75) is 65.7 Å². The zero-order valence-electron chi connectivity index (χ0n) is 14.8. The average Bonchev–Trinajstić information content (AvgIpc) is 2.48. The lowest BCUT2D eigenvalue weighted by atomic mass is 9.96. The molecular weight excluding hydrogens is 280 g/mol. The Morgan fingerprint density at radius 1 is 1.27 bits per heavy atom. The highest BCUT2D eigenvalue weighted by molar-refractivity contribution is 5.79. The number of rotatable bonds is 10. The molecule has 1 aliphatic rings. The van der Waals surface area contributed by atoms with Crippen LogP contribution >= 0.6 is 0 Å². The Morgan fingerprint density at radius 2 is 1.95 bits per heavy atom. The standard InChI is InChI=1S/C17H34N2O3/c1-5-9-14(4)18-17(20)15-10-8-11-19(12-15)13-16(21-6-2)22-7-3/h14-16H,5-13H2,1-4H3,(H,18,20)/t14-,15-/m1/s1. The van der Waals surface area contributed by atoms with E-state index in [-0.39, 0.29) is 24.2 Å². The summed E-state index contributed by atoms with van der Waals surface area (Å²) >= 11 is 0. The lowest BCUT2D eigenvalue weighted by molar-refractivity contribution is -0.151. The fourth-order valence-electron chi connectivity index (χ4n) is 3.04. The van der Waals surface area contributed by atoms with Gasteiger partial charge >= 0.3 is 0 Å². The zero-order valence-corrected chi connectivity index (χ0v) is 14.8. The number of ether oxygens (including phenoxy) is 2.